The maximum atomic E-state index is 11.4. The van der Waals surface area contributed by atoms with Crippen molar-refractivity contribution in [1.82, 2.24) is 9.71 Å². The lowest BCUT2D eigenvalue weighted by molar-refractivity contribution is 0.588. The van der Waals surface area contributed by atoms with Crippen LogP contribution in [0.2, 0.25) is 0 Å². The zero-order valence-corrected chi connectivity index (χ0v) is 9.14. The first kappa shape index (κ1) is 10.9. The van der Waals surface area contributed by atoms with E-state index < -0.39 is 10.0 Å². The van der Waals surface area contributed by atoms with Gasteiger partial charge in [-0.1, -0.05) is 0 Å². The minimum atomic E-state index is -3.39. The lowest BCUT2D eigenvalue weighted by Gasteiger charge is -2.06. The Bertz CT molecular complexity index is 428. The molecule has 6 heteroatoms. The van der Waals surface area contributed by atoms with Crippen molar-refractivity contribution in [2.45, 2.75) is 11.8 Å². The highest BCUT2D eigenvalue weighted by molar-refractivity contribution is 7.89. The normalized spacial score (nSPS) is 11.4. The average molecular weight is 215 g/mol. The van der Waals surface area contributed by atoms with E-state index in [0.717, 1.165) is 5.56 Å². The second-order valence-corrected chi connectivity index (χ2v) is 4.68. The third-order valence-electron chi connectivity index (χ3n) is 1.87. The number of pyridine rings is 1. The van der Waals surface area contributed by atoms with Crippen molar-refractivity contribution in [3.63, 3.8) is 0 Å². The van der Waals surface area contributed by atoms with Gasteiger partial charge >= 0.3 is 0 Å². The van der Waals surface area contributed by atoms with Crippen LogP contribution in [-0.2, 0) is 10.0 Å². The van der Waals surface area contributed by atoms with Crippen molar-refractivity contribution in [1.29, 1.82) is 0 Å². The van der Waals surface area contributed by atoms with Gasteiger partial charge in [-0.25, -0.2) is 18.1 Å². The van der Waals surface area contributed by atoms with E-state index in [0.29, 0.717) is 5.82 Å². The topological polar surface area (TPSA) is 71.1 Å². The van der Waals surface area contributed by atoms with Gasteiger partial charge in [-0.15, -0.1) is 0 Å². The number of rotatable bonds is 3. The number of sulfonamides is 1. The summed E-state index contributed by atoms with van der Waals surface area (Å²) in [5, 5.41) is 2.87. The molecule has 0 aliphatic heterocycles. The maximum Gasteiger partial charge on any atom is 0.241 e. The van der Waals surface area contributed by atoms with Crippen molar-refractivity contribution in [2.24, 2.45) is 0 Å². The van der Waals surface area contributed by atoms with E-state index in [4.69, 9.17) is 0 Å². The molecule has 0 saturated heterocycles. The molecule has 14 heavy (non-hydrogen) atoms. The van der Waals surface area contributed by atoms with Gasteiger partial charge in [-0.3, -0.25) is 0 Å². The fourth-order valence-corrected chi connectivity index (χ4v) is 1.83. The van der Waals surface area contributed by atoms with Crippen molar-refractivity contribution < 1.29 is 8.42 Å². The summed E-state index contributed by atoms with van der Waals surface area (Å²) in [5.41, 5.74) is 0.795. The molecule has 1 aromatic heterocycles. The highest BCUT2D eigenvalue weighted by atomic mass is 32.2. The van der Waals surface area contributed by atoms with Crippen LogP contribution in [0.1, 0.15) is 5.56 Å². The zero-order valence-electron chi connectivity index (χ0n) is 8.33. The van der Waals surface area contributed by atoms with E-state index in [9.17, 15) is 8.42 Å². The summed E-state index contributed by atoms with van der Waals surface area (Å²) >= 11 is 0. The SMILES string of the molecule is CNc1ncc(S(=O)(=O)NC)cc1C. The van der Waals surface area contributed by atoms with Crippen LogP contribution in [-0.4, -0.2) is 27.5 Å². The third-order valence-corrected chi connectivity index (χ3v) is 3.25. The first-order valence-electron chi connectivity index (χ1n) is 4.09. The Balaban J connectivity index is 3.22. The molecule has 0 fully saturated rings. The molecule has 0 amide bonds. The fourth-order valence-electron chi connectivity index (χ4n) is 1.08. The Labute approximate surface area is 83.6 Å². The molecule has 0 aliphatic carbocycles. The van der Waals surface area contributed by atoms with E-state index in [-0.39, 0.29) is 4.90 Å². The molecule has 0 spiro atoms. The second-order valence-electron chi connectivity index (χ2n) is 2.79. The van der Waals surface area contributed by atoms with E-state index >= 15 is 0 Å². The van der Waals surface area contributed by atoms with Gasteiger partial charge in [0.2, 0.25) is 10.0 Å². The Morgan fingerprint density at radius 1 is 1.36 bits per heavy atom. The quantitative estimate of drug-likeness (QED) is 0.762. The van der Waals surface area contributed by atoms with Crippen LogP contribution in [0.5, 0.6) is 0 Å². The van der Waals surface area contributed by atoms with Gasteiger partial charge in [0.15, 0.2) is 0 Å². The standard InChI is InChI=1S/C8H13N3O2S/c1-6-4-7(14(12,13)10-3)5-11-8(6)9-2/h4-5,10H,1-3H3,(H,9,11). The fraction of sp³-hybridized carbons (Fsp3) is 0.375. The molecule has 0 bridgehead atoms. The Morgan fingerprint density at radius 3 is 2.43 bits per heavy atom. The van der Waals surface area contributed by atoms with Gasteiger partial charge in [0, 0.05) is 13.2 Å². The molecule has 1 aromatic rings. The Hall–Kier alpha value is -1.14. The Morgan fingerprint density at radius 2 is 2.00 bits per heavy atom. The molecule has 0 unspecified atom stereocenters. The molecule has 0 aliphatic rings. The summed E-state index contributed by atoms with van der Waals surface area (Å²) in [7, 11) is -0.277. The number of hydrogen-bond donors (Lipinski definition) is 2. The molecular weight excluding hydrogens is 202 g/mol. The highest BCUT2D eigenvalue weighted by Crippen LogP contribution is 2.15. The molecular formula is C8H13N3O2S. The number of aromatic nitrogens is 1. The van der Waals surface area contributed by atoms with Crippen LogP contribution in [0.15, 0.2) is 17.2 Å². The van der Waals surface area contributed by atoms with Gasteiger partial charge < -0.3 is 5.32 Å². The molecule has 0 atom stereocenters. The first-order valence-corrected chi connectivity index (χ1v) is 5.57. The smallest absolute Gasteiger partial charge is 0.241 e. The molecule has 0 aromatic carbocycles. The van der Waals surface area contributed by atoms with Crippen LogP contribution in [0.25, 0.3) is 0 Å². The van der Waals surface area contributed by atoms with E-state index in [2.05, 4.69) is 15.0 Å². The average Bonchev–Trinajstić information content (AvgIpc) is 2.17. The summed E-state index contributed by atoms with van der Waals surface area (Å²) < 4.78 is 25.0. The molecule has 0 radical (unpaired) electrons. The van der Waals surface area contributed by atoms with Crippen LogP contribution < -0.4 is 10.0 Å². The second kappa shape index (κ2) is 3.93. The molecule has 2 N–H and O–H groups in total. The molecule has 1 heterocycles. The van der Waals surface area contributed by atoms with Gasteiger partial charge in [0.25, 0.3) is 0 Å². The molecule has 5 nitrogen and oxygen atoms in total. The van der Waals surface area contributed by atoms with Gasteiger partial charge in [0.05, 0.1) is 0 Å². The van der Waals surface area contributed by atoms with Crippen LogP contribution in [0, 0.1) is 6.92 Å². The van der Waals surface area contributed by atoms with Gasteiger partial charge in [-0.05, 0) is 25.6 Å². The van der Waals surface area contributed by atoms with Gasteiger partial charge in [-0.2, -0.15) is 0 Å². The summed E-state index contributed by atoms with van der Waals surface area (Å²) in [6, 6.07) is 1.57. The number of nitrogens with zero attached hydrogens (tertiary/aromatic N) is 1. The lowest BCUT2D eigenvalue weighted by Crippen LogP contribution is -2.19. The highest BCUT2D eigenvalue weighted by Gasteiger charge is 2.12. The summed E-state index contributed by atoms with van der Waals surface area (Å²) in [5.74, 6) is 0.681. The van der Waals surface area contributed by atoms with Crippen LogP contribution in [0.3, 0.4) is 0 Å². The zero-order chi connectivity index (χ0) is 10.8. The lowest BCUT2D eigenvalue weighted by atomic mass is 10.3. The molecule has 0 saturated carbocycles. The van der Waals surface area contributed by atoms with Crippen molar-refractivity contribution >= 4 is 15.8 Å². The van der Waals surface area contributed by atoms with Crippen LogP contribution in [0.4, 0.5) is 5.82 Å². The largest absolute Gasteiger partial charge is 0.373 e. The predicted octanol–water partition coefficient (Wildman–Crippen LogP) is 0.340. The minimum Gasteiger partial charge on any atom is -0.373 e. The van der Waals surface area contributed by atoms with Crippen molar-refractivity contribution in [2.75, 3.05) is 19.4 Å². The number of anilines is 1. The number of nitrogens with one attached hydrogen (secondary N) is 2. The monoisotopic (exact) mass is 215 g/mol. The maximum absolute atomic E-state index is 11.4. The van der Waals surface area contributed by atoms with Gasteiger partial charge in [0.1, 0.15) is 10.7 Å². The van der Waals surface area contributed by atoms with Crippen LogP contribution >= 0.6 is 0 Å². The predicted molar refractivity (Wildman–Crippen MR) is 54.8 cm³/mol. The van der Waals surface area contributed by atoms with Crippen molar-refractivity contribution in [3.05, 3.63) is 17.8 Å². The number of aryl methyl sites for hydroxylation is 1. The van der Waals surface area contributed by atoms with E-state index in [1.54, 1.807) is 20.0 Å². The number of hydrogen-bond acceptors (Lipinski definition) is 4. The summed E-state index contributed by atoms with van der Waals surface area (Å²) in [6.07, 6.45) is 1.32. The van der Waals surface area contributed by atoms with E-state index in [1.165, 1.54) is 13.2 Å². The summed E-state index contributed by atoms with van der Waals surface area (Å²) in [6.45, 7) is 1.80. The molecule has 1 rings (SSSR count). The molecule has 78 valence electrons. The third kappa shape index (κ3) is 2.02. The van der Waals surface area contributed by atoms with Crippen molar-refractivity contribution in [3.8, 4) is 0 Å². The van der Waals surface area contributed by atoms with E-state index in [1.807, 2.05) is 0 Å². The first-order chi connectivity index (χ1) is 6.51. The Kier molecular flexibility index (Phi) is 3.07. The summed E-state index contributed by atoms with van der Waals surface area (Å²) in [4.78, 5) is 4.16. The minimum absolute atomic E-state index is 0.177.